The fourth-order valence-corrected chi connectivity index (χ4v) is 2.85. The number of H-pyrrole nitrogens is 1. The maximum atomic E-state index is 12.2. The van der Waals surface area contributed by atoms with E-state index in [4.69, 9.17) is 11.6 Å². The highest BCUT2D eigenvalue weighted by Gasteiger charge is 2.29. The first kappa shape index (κ1) is 13.1. The zero-order chi connectivity index (χ0) is 13.1. The van der Waals surface area contributed by atoms with Crippen LogP contribution in [-0.4, -0.2) is 34.3 Å². The molecule has 0 saturated heterocycles. The zero-order valence-corrected chi connectivity index (χ0v) is 11.1. The maximum absolute atomic E-state index is 12.2. The lowest BCUT2D eigenvalue weighted by molar-refractivity contribution is 0.0700. The summed E-state index contributed by atoms with van der Waals surface area (Å²) in [6.45, 7) is 0. The van der Waals surface area contributed by atoms with Crippen molar-refractivity contribution >= 4 is 17.5 Å². The molecular weight excluding hydrogens is 252 g/mol. The Labute approximate surface area is 111 Å². The number of alkyl halides is 1. The molecule has 0 aliphatic heterocycles. The molecule has 18 heavy (non-hydrogen) atoms. The van der Waals surface area contributed by atoms with Gasteiger partial charge in [-0.3, -0.25) is 9.59 Å². The molecule has 1 heterocycles. The summed E-state index contributed by atoms with van der Waals surface area (Å²) >= 11 is 6.28. The van der Waals surface area contributed by atoms with Gasteiger partial charge < -0.3 is 9.88 Å². The van der Waals surface area contributed by atoms with E-state index in [1.54, 1.807) is 18.0 Å². The summed E-state index contributed by atoms with van der Waals surface area (Å²) in [6, 6.07) is 2.99. The number of halogens is 1. The Balaban J connectivity index is 2.12. The van der Waals surface area contributed by atoms with Gasteiger partial charge in [-0.15, -0.1) is 11.6 Å². The van der Waals surface area contributed by atoms with Gasteiger partial charge in [0.05, 0.1) is 10.9 Å². The third kappa shape index (κ3) is 2.75. The van der Waals surface area contributed by atoms with Gasteiger partial charge in [0.2, 0.25) is 5.56 Å². The van der Waals surface area contributed by atoms with Gasteiger partial charge in [0.1, 0.15) is 0 Å². The Kier molecular flexibility index (Phi) is 4.07. The van der Waals surface area contributed by atoms with Crippen LogP contribution in [0.4, 0.5) is 0 Å². The number of aromatic nitrogens is 1. The standard InChI is InChI=1S/C13H17ClN2O2/c1-16(11-5-3-2-4-10(11)14)13(18)9-6-7-12(17)15-8-9/h6-8,10-11H,2-5H2,1H3,(H,15,17). The fraction of sp³-hybridized carbons (Fsp3) is 0.538. The number of nitrogens with one attached hydrogen (secondary N) is 1. The van der Waals surface area contributed by atoms with Gasteiger partial charge in [-0.25, -0.2) is 0 Å². The third-order valence-electron chi connectivity index (χ3n) is 3.50. The second-order valence-electron chi connectivity index (χ2n) is 4.73. The highest BCUT2D eigenvalue weighted by molar-refractivity contribution is 6.21. The molecule has 0 aromatic carbocycles. The van der Waals surface area contributed by atoms with E-state index in [2.05, 4.69) is 4.98 Å². The lowest BCUT2D eigenvalue weighted by Crippen LogP contribution is -2.44. The summed E-state index contributed by atoms with van der Waals surface area (Å²) < 4.78 is 0. The third-order valence-corrected chi connectivity index (χ3v) is 4.01. The largest absolute Gasteiger partial charge is 0.337 e. The Hall–Kier alpha value is -1.29. The van der Waals surface area contributed by atoms with Gasteiger partial charge in [-0.2, -0.15) is 0 Å². The summed E-state index contributed by atoms with van der Waals surface area (Å²) in [5.74, 6) is -0.0937. The SMILES string of the molecule is CN(C(=O)c1ccc(=O)[nH]c1)C1CCCCC1Cl. The number of hydrogen-bond donors (Lipinski definition) is 1. The first-order chi connectivity index (χ1) is 8.59. The van der Waals surface area contributed by atoms with Crippen LogP contribution in [0.5, 0.6) is 0 Å². The number of pyridine rings is 1. The van der Waals surface area contributed by atoms with Gasteiger partial charge in [-0.1, -0.05) is 12.8 Å². The molecule has 1 fully saturated rings. The van der Waals surface area contributed by atoms with Crippen molar-refractivity contribution in [2.75, 3.05) is 7.05 Å². The molecule has 1 aliphatic carbocycles. The van der Waals surface area contributed by atoms with Gasteiger partial charge in [0.25, 0.3) is 5.91 Å². The average Bonchev–Trinajstić information content (AvgIpc) is 2.38. The van der Waals surface area contributed by atoms with Crippen molar-refractivity contribution in [3.8, 4) is 0 Å². The summed E-state index contributed by atoms with van der Waals surface area (Å²) in [4.78, 5) is 27.4. The van der Waals surface area contributed by atoms with Crippen LogP contribution in [0.2, 0.25) is 0 Å². The molecule has 1 saturated carbocycles. The number of carbonyl (C=O) groups is 1. The van der Waals surface area contributed by atoms with E-state index in [9.17, 15) is 9.59 Å². The van der Waals surface area contributed by atoms with E-state index >= 15 is 0 Å². The topological polar surface area (TPSA) is 53.2 Å². The van der Waals surface area contributed by atoms with E-state index in [1.807, 2.05) is 0 Å². The van der Waals surface area contributed by atoms with E-state index < -0.39 is 0 Å². The van der Waals surface area contributed by atoms with E-state index in [0.717, 1.165) is 25.7 Å². The quantitative estimate of drug-likeness (QED) is 0.834. The lowest BCUT2D eigenvalue weighted by Gasteiger charge is -2.34. The number of aromatic amines is 1. The molecule has 0 spiro atoms. The van der Waals surface area contributed by atoms with Crippen LogP contribution in [-0.2, 0) is 0 Å². The van der Waals surface area contributed by atoms with E-state index in [0.29, 0.717) is 5.56 Å². The molecule has 2 rings (SSSR count). The van der Waals surface area contributed by atoms with Crippen LogP contribution in [0.15, 0.2) is 23.1 Å². The van der Waals surface area contributed by atoms with Crippen LogP contribution in [0.3, 0.4) is 0 Å². The molecule has 1 amide bonds. The second kappa shape index (κ2) is 5.57. The second-order valence-corrected chi connectivity index (χ2v) is 5.29. The molecule has 1 aromatic heterocycles. The van der Waals surface area contributed by atoms with Gasteiger partial charge in [0.15, 0.2) is 0 Å². The average molecular weight is 269 g/mol. The molecule has 1 N–H and O–H groups in total. The Morgan fingerprint density at radius 3 is 2.72 bits per heavy atom. The van der Waals surface area contributed by atoms with Crippen LogP contribution in [0.1, 0.15) is 36.0 Å². The van der Waals surface area contributed by atoms with Crippen molar-refractivity contribution in [1.29, 1.82) is 0 Å². The first-order valence-electron chi connectivity index (χ1n) is 6.19. The molecule has 4 nitrogen and oxygen atoms in total. The summed E-state index contributed by atoms with van der Waals surface area (Å²) in [7, 11) is 1.78. The van der Waals surface area contributed by atoms with Crippen molar-refractivity contribution in [2.45, 2.75) is 37.1 Å². The monoisotopic (exact) mass is 268 g/mol. The summed E-state index contributed by atoms with van der Waals surface area (Å²) in [6.07, 6.45) is 5.59. The van der Waals surface area contributed by atoms with Crippen molar-refractivity contribution in [2.24, 2.45) is 0 Å². The molecule has 2 unspecified atom stereocenters. The zero-order valence-electron chi connectivity index (χ0n) is 10.4. The minimum absolute atomic E-state index is 0.0236. The van der Waals surface area contributed by atoms with Crippen molar-refractivity contribution < 1.29 is 4.79 Å². The molecule has 5 heteroatoms. The Morgan fingerprint density at radius 1 is 1.39 bits per heavy atom. The highest BCUT2D eigenvalue weighted by Crippen LogP contribution is 2.27. The summed E-state index contributed by atoms with van der Waals surface area (Å²) in [5.41, 5.74) is 0.286. The Bertz CT molecular complexity index is 466. The smallest absolute Gasteiger partial charge is 0.255 e. The number of rotatable bonds is 2. The molecule has 0 radical (unpaired) electrons. The van der Waals surface area contributed by atoms with E-state index in [1.165, 1.54) is 12.3 Å². The molecule has 1 aromatic rings. The highest BCUT2D eigenvalue weighted by atomic mass is 35.5. The van der Waals surface area contributed by atoms with Gasteiger partial charge >= 0.3 is 0 Å². The van der Waals surface area contributed by atoms with Gasteiger partial charge in [0, 0.05) is 25.4 Å². The van der Waals surface area contributed by atoms with Crippen LogP contribution >= 0.6 is 11.6 Å². The fourth-order valence-electron chi connectivity index (χ4n) is 2.40. The van der Waals surface area contributed by atoms with Crippen LogP contribution in [0, 0.1) is 0 Å². The summed E-state index contributed by atoms with van der Waals surface area (Å²) in [5, 5.41) is 0.0236. The van der Waals surface area contributed by atoms with Crippen LogP contribution < -0.4 is 5.56 Å². The molecule has 98 valence electrons. The number of amides is 1. The predicted octanol–water partition coefficient (Wildman–Crippen LogP) is 2.00. The molecule has 1 aliphatic rings. The lowest BCUT2D eigenvalue weighted by atomic mass is 9.93. The number of hydrogen-bond acceptors (Lipinski definition) is 2. The van der Waals surface area contributed by atoms with Gasteiger partial charge in [-0.05, 0) is 18.9 Å². The normalized spacial score (nSPS) is 23.7. The number of nitrogens with zero attached hydrogens (tertiary/aromatic N) is 1. The number of carbonyl (C=O) groups excluding carboxylic acids is 1. The minimum Gasteiger partial charge on any atom is -0.337 e. The molecular formula is C13H17ClN2O2. The van der Waals surface area contributed by atoms with Crippen molar-refractivity contribution in [3.05, 3.63) is 34.2 Å². The minimum atomic E-state index is -0.206. The van der Waals surface area contributed by atoms with Crippen molar-refractivity contribution in [3.63, 3.8) is 0 Å². The maximum Gasteiger partial charge on any atom is 0.255 e. The molecule has 2 atom stereocenters. The first-order valence-corrected chi connectivity index (χ1v) is 6.63. The molecule has 0 bridgehead atoms. The van der Waals surface area contributed by atoms with Crippen molar-refractivity contribution in [1.82, 2.24) is 9.88 Å². The predicted molar refractivity (Wildman–Crippen MR) is 71.1 cm³/mol. The Morgan fingerprint density at radius 2 is 2.11 bits per heavy atom. The van der Waals surface area contributed by atoms with E-state index in [-0.39, 0.29) is 22.9 Å². The van der Waals surface area contributed by atoms with Crippen LogP contribution in [0.25, 0.3) is 0 Å².